The summed E-state index contributed by atoms with van der Waals surface area (Å²) in [5.74, 6) is -2.61. The number of carbonyl (C=O) groups excluding carboxylic acids is 1. The van der Waals surface area contributed by atoms with Crippen LogP contribution in [0.25, 0.3) is 0 Å². The summed E-state index contributed by atoms with van der Waals surface area (Å²) in [6.45, 7) is 0. The van der Waals surface area contributed by atoms with Gasteiger partial charge in [-0.05, 0) is 42.5 Å². The third-order valence-electron chi connectivity index (χ3n) is 2.60. The number of halogens is 2. The molecule has 0 heterocycles. The molecule has 2 aromatic rings. The molecule has 2 aromatic carbocycles. The predicted octanol–water partition coefficient (Wildman–Crippen LogP) is 1.86. The lowest BCUT2D eigenvalue weighted by Gasteiger charge is -2.09. The first-order valence-electron chi connectivity index (χ1n) is 5.67. The van der Waals surface area contributed by atoms with Gasteiger partial charge in [0, 0.05) is 11.3 Å². The molecule has 3 N–H and O–H groups in total. The molecule has 21 heavy (non-hydrogen) atoms. The summed E-state index contributed by atoms with van der Waals surface area (Å²) in [6.07, 6.45) is 0. The number of amides is 1. The van der Waals surface area contributed by atoms with Crippen LogP contribution in [0.1, 0.15) is 10.4 Å². The van der Waals surface area contributed by atoms with Crippen molar-refractivity contribution in [3.05, 3.63) is 59.7 Å². The molecule has 110 valence electrons. The van der Waals surface area contributed by atoms with Crippen LogP contribution in [0.15, 0.2) is 47.4 Å². The summed E-state index contributed by atoms with van der Waals surface area (Å²) in [7, 11) is -4.28. The second kappa shape index (κ2) is 5.49. The normalized spacial score (nSPS) is 11.1. The zero-order valence-corrected chi connectivity index (χ0v) is 11.3. The summed E-state index contributed by atoms with van der Waals surface area (Å²) in [5, 5.41) is 0. The average Bonchev–Trinajstić information content (AvgIpc) is 2.41. The van der Waals surface area contributed by atoms with Gasteiger partial charge in [-0.25, -0.2) is 17.2 Å². The summed E-state index contributed by atoms with van der Waals surface area (Å²) >= 11 is 0. The molecular weight excluding hydrogens is 302 g/mol. The maximum Gasteiger partial charge on any atom is 0.264 e. The Labute approximate surface area is 119 Å². The van der Waals surface area contributed by atoms with Gasteiger partial charge in [0.15, 0.2) is 0 Å². The molecule has 0 aliphatic heterocycles. The molecule has 0 unspecified atom stereocenters. The zero-order chi connectivity index (χ0) is 15.6. The quantitative estimate of drug-likeness (QED) is 0.903. The predicted molar refractivity (Wildman–Crippen MR) is 72.1 cm³/mol. The molecule has 8 heteroatoms. The maximum atomic E-state index is 13.5. The van der Waals surface area contributed by atoms with Gasteiger partial charge in [-0.3, -0.25) is 9.52 Å². The average molecular weight is 312 g/mol. The highest BCUT2D eigenvalue weighted by molar-refractivity contribution is 7.92. The molecule has 0 radical (unpaired) electrons. The number of nitrogens with one attached hydrogen (secondary N) is 1. The summed E-state index contributed by atoms with van der Waals surface area (Å²) in [5.41, 5.74) is 5.33. The molecule has 0 aromatic heterocycles. The van der Waals surface area contributed by atoms with Crippen molar-refractivity contribution in [2.24, 2.45) is 5.73 Å². The topological polar surface area (TPSA) is 89.3 Å². The van der Waals surface area contributed by atoms with Crippen molar-refractivity contribution in [1.29, 1.82) is 0 Å². The van der Waals surface area contributed by atoms with Gasteiger partial charge in [0.05, 0.1) is 0 Å². The minimum absolute atomic E-state index is 0.0867. The first-order valence-corrected chi connectivity index (χ1v) is 7.15. The number of nitrogens with two attached hydrogens (primary N) is 1. The van der Waals surface area contributed by atoms with Gasteiger partial charge in [-0.2, -0.15) is 0 Å². The van der Waals surface area contributed by atoms with Gasteiger partial charge < -0.3 is 5.73 Å². The Morgan fingerprint density at radius 1 is 1.05 bits per heavy atom. The third kappa shape index (κ3) is 3.34. The number of sulfonamides is 1. The standard InChI is InChI=1S/C13H10F2N2O3S/c14-9-3-6-11(15)12(7-9)21(19,20)17-10-4-1-8(2-5-10)13(16)18/h1-7,17H,(H2,16,18). The molecular formula is C13H10F2N2O3S. The van der Waals surface area contributed by atoms with E-state index in [2.05, 4.69) is 4.72 Å². The minimum atomic E-state index is -4.28. The van der Waals surface area contributed by atoms with Crippen LogP contribution in [0.3, 0.4) is 0 Å². The molecule has 2 rings (SSSR count). The highest BCUT2D eigenvalue weighted by Crippen LogP contribution is 2.20. The van der Waals surface area contributed by atoms with E-state index < -0.39 is 32.5 Å². The fraction of sp³-hybridized carbons (Fsp3) is 0. The number of carbonyl (C=O) groups is 1. The van der Waals surface area contributed by atoms with Gasteiger partial charge in [0.2, 0.25) is 5.91 Å². The molecule has 0 fully saturated rings. The van der Waals surface area contributed by atoms with Gasteiger partial charge in [0.25, 0.3) is 10.0 Å². The van der Waals surface area contributed by atoms with E-state index in [1.165, 1.54) is 24.3 Å². The second-order valence-corrected chi connectivity index (χ2v) is 5.77. The number of rotatable bonds is 4. The van der Waals surface area contributed by atoms with Crippen molar-refractivity contribution in [3.63, 3.8) is 0 Å². The molecule has 0 aliphatic carbocycles. The smallest absolute Gasteiger partial charge is 0.264 e. The van der Waals surface area contributed by atoms with E-state index >= 15 is 0 Å². The highest BCUT2D eigenvalue weighted by Gasteiger charge is 2.20. The van der Waals surface area contributed by atoms with E-state index in [-0.39, 0.29) is 11.3 Å². The van der Waals surface area contributed by atoms with Crippen molar-refractivity contribution >= 4 is 21.6 Å². The number of hydrogen-bond donors (Lipinski definition) is 2. The first kappa shape index (κ1) is 14.9. The second-order valence-electron chi connectivity index (χ2n) is 4.12. The van der Waals surface area contributed by atoms with Crippen LogP contribution in [0, 0.1) is 11.6 Å². The summed E-state index contributed by atoms with van der Waals surface area (Å²) in [4.78, 5) is 10.1. The van der Waals surface area contributed by atoms with E-state index in [9.17, 15) is 22.0 Å². The summed E-state index contributed by atoms with van der Waals surface area (Å²) < 4.78 is 52.6. The number of anilines is 1. The Kier molecular flexibility index (Phi) is 3.90. The number of benzene rings is 2. The number of hydrogen-bond acceptors (Lipinski definition) is 3. The zero-order valence-electron chi connectivity index (χ0n) is 10.5. The Bertz CT molecular complexity index is 790. The number of primary amides is 1. The van der Waals surface area contributed by atoms with Crippen LogP contribution in [-0.2, 0) is 10.0 Å². The third-order valence-corrected chi connectivity index (χ3v) is 4.00. The molecule has 1 amide bonds. The molecule has 0 saturated carbocycles. The lowest BCUT2D eigenvalue weighted by Crippen LogP contribution is -2.15. The van der Waals surface area contributed by atoms with E-state index in [0.29, 0.717) is 6.07 Å². The van der Waals surface area contributed by atoms with Gasteiger partial charge in [-0.1, -0.05) is 0 Å². The Morgan fingerprint density at radius 2 is 1.67 bits per heavy atom. The van der Waals surface area contributed by atoms with Gasteiger partial charge in [-0.15, -0.1) is 0 Å². The lowest BCUT2D eigenvalue weighted by molar-refractivity contribution is 0.100. The van der Waals surface area contributed by atoms with Crippen molar-refractivity contribution in [1.82, 2.24) is 0 Å². The van der Waals surface area contributed by atoms with Crippen molar-refractivity contribution < 1.29 is 22.0 Å². The van der Waals surface area contributed by atoms with Crippen LogP contribution in [0.5, 0.6) is 0 Å². The minimum Gasteiger partial charge on any atom is -0.366 e. The molecule has 0 atom stereocenters. The molecule has 0 bridgehead atoms. The van der Waals surface area contributed by atoms with E-state index in [1.54, 1.807) is 0 Å². The van der Waals surface area contributed by atoms with Crippen LogP contribution in [0.2, 0.25) is 0 Å². The van der Waals surface area contributed by atoms with Crippen LogP contribution in [-0.4, -0.2) is 14.3 Å². The van der Waals surface area contributed by atoms with Crippen LogP contribution >= 0.6 is 0 Å². The van der Waals surface area contributed by atoms with E-state index in [1.807, 2.05) is 0 Å². The van der Waals surface area contributed by atoms with E-state index in [0.717, 1.165) is 12.1 Å². The fourth-order valence-electron chi connectivity index (χ4n) is 1.60. The Balaban J connectivity index is 2.33. The van der Waals surface area contributed by atoms with E-state index in [4.69, 9.17) is 5.73 Å². The maximum absolute atomic E-state index is 13.5. The Hall–Kier alpha value is -2.48. The van der Waals surface area contributed by atoms with Gasteiger partial charge in [0.1, 0.15) is 16.5 Å². The SMILES string of the molecule is NC(=O)c1ccc(NS(=O)(=O)c2cc(F)ccc2F)cc1. The van der Waals surface area contributed by atoms with Crippen molar-refractivity contribution in [2.45, 2.75) is 4.90 Å². The largest absolute Gasteiger partial charge is 0.366 e. The molecule has 5 nitrogen and oxygen atoms in total. The molecule has 0 aliphatic rings. The highest BCUT2D eigenvalue weighted by atomic mass is 32.2. The van der Waals surface area contributed by atoms with Crippen LogP contribution in [0.4, 0.5) is 14.5 Å². The van der Waals surface area contributed by atoms with Crippen molar-refractivity contribution in [3.8, 4) is 0 Å². The lowest BCUT2D eigenvalue weighted by atomic mass is 10.2. The fourth-order valence-corrected chi connectivity index (χ4v) is 2.74. The van der Waals surface area contributed by atoms with Crippen LogP contribution < -0.4 is 10.5 Å². The van der Waals surface area contributed by atoms with Crippen molar-refractivity contribution in [2.75, 3.05) is 4.72 Å². The molecule has 0 spiro atoms. The van der Waals surface area contributed by atoms with Gasteiger partial charge >= 0.3 is 0 Å². The first-order chi connectivity index (χ1) is 9.79. The monoisotopic (exact) mass is 312 g/mol. The Morgan fingerprint density at radius 3 is 2.24 bits per heavy atom. The molecule has 0 saturated heterocycles. The summed E-state index contributed by atoms with van der Waals surface area (Å²) in [6, 6.07) is 7.31.